The normalized spacial score (nSPS) is 30.8. The molecule has 0 bridgehead atoms. The van der Waals surface area contributed by atoms with E-state index in [9.17, 15) is 13.5 Å². The molecule has 4 rings (SSSR count). The summed E-state index contributed by atoms with van der Waals surface area (Å²) in [6.45, 7) is 4.08. The van der Waals surface area contributed by atoms with Crippen molar-refractivity contribution in [2.45, 2.75) is 42.7 Å². The van der Waals surface area contributed by atoms with Crippen molar-refractivity contribution in [2.24, 2.45) is 0 Å². The third kappa shape index (κ3) is 3.56. The average Bonchev–Trinajstić information content (AvgIpc) is 2.61. The molecule has 8 nitrogen and oxygen atoms in total. The summed E-state index contributed by atoms with van der Waals surface area (Å²) in [6, 6.07) is -0.0252. The number of aryl methyl sites for hydroxylation is 1. The first kappa shape index (κ1) is 17.3. The summed E-state index contributed by atoms with van der Waals surface area (Å²) in [5, 5.41) is 17.8. The largest absolute Gasteiger partial charge is 0.392 e. The molecule has 0 radical (unpaired) electrons. The predicted octanol–water partition coefficient (Wildman–Crippen LogP) is -0.485. The second-order valence-corrected chi connectivity index (χ2v) is 9.17. The molecule has 1 aromatic rings. The van der Waals surface area contributed by atoms with E-state index in [1.807, 2.05) is 0 Å². The van der Waals surface area contributed by atoms with Crippen molar-refractivity contribution < 1.29 is 13.5 Å². The zero-order valence-corrected chi connectivity index (χ0v) is 15.1. The summed E-state index contributed by atoms with van der Waals surface area (Å²) in [5.41, 5.74) is 0.656. The lowest BCUT2D eigenvalue weighted by Crippen LogP contribution is -2.57. The summed E-state index contributed by atoms with van der Waals surface area (Å²) < 4.78 is 24.2. The molecule has 0 aromatic carbocycles. The van der Waals surface area contributed by atoms with Crippen molar-refractivity contribution >= 4 is 9.84 Å². The Morgan fingerprint density at radius 3 is 2.88 bits per heavy atom. The first-order valence-electron chi connectivity index (χ1n) is 9.03. The van der Waals surface area contributed by atoms with Gasteiger partial charge in [-0.05, 0) is 25.7 Å². The van der Waals surface area contributed by atoms with Crippen LogP contribution in [-0.4, -0.2) is 78.1 Å². The monoisotopic (exact) mass is 367 g/mol. The van der Waals surface area contributed by atoms with Crippen LogP contribution in [0.3, 0.4) is 0 Å². The highest BCUT2D eigenvalue weighted by molar-refractivity contribution is 7.91. The Labute approximate surface area is 148 Å². The fraction of sp³-hybridized carbons (Fsp3) is 0.750. The van der Waals surface area contributed by atoms with Gasteiger partial charge in [-0.1, -0.05) is 0 Å². The van der Waals surface area contributed by atoms with Gasteiger partial charge < -0.3 is 10.4 Å². The van der Waals surface area contributed by atoms with Crippen LogP contribution in [0.1, 0.15) is 36.8 Å². The van der Waals surface area contributed by atoms with Gasteiger partial charge in [0, 0.05) is 38.9 Å². The van der Waals surface area contributed by atoms with Gasteiger partial charge in [0.25, 0.3) is 0 Å². The van der Waals surface area contributed by atoms with Gasteiger partial charge in [0.1, 0.15) is 10.7 Å². The van der Waals surface area contributed by atoms with Gasteiger partial charge in [0.05, 0.1) is 23.6 Å². The lowest BCUT2D eigenvalue weighted by atomic mass is 10.1. The van der Waals surface area contributed by atoms with Crippen molar-refractivity contribution in [1.82, 2.24) is 25.3 Å². The van der Waals surface area contributed by atoms with Crippen molar-refractivity contribution in [2.75, 3.05) is 38.5 Å². The molecule has 2 N–H and O–H groups in total. The number of sulfone groups is 1. The van der Waals surface area contributed by atoms with Crippen LogP contribution < -0.4 is 5.32 Å². The van der Waals surface area contributed by atoms with Crippen LogP contribution in [0.4, 0.5) is 0 Å². The molecule has 9 heteroatoms. The van der Waals surface area contributed by atoms with E-state index in [4.69, 9.17) is 0 Å². The second-order valence-electron chi connectivity index (χ2n) is 7.09. The highest BCUT2D eigenvalue weighted by atomic mass is 32.2. The number of fused-ring (bicyclic) bond motifs is 1. The number of nitrogens with one attached hydrogen (secondary N) is 1. The number of piperidine rings is 1. The van der Waals surface area contributed by atoms with E-state index in [-0.39, 0.29) is 17.9 Å². The van der Waals surface area contributed by atoms with Gasteiger partial charge in [0.2, 0.25) is 0 Å². The number of hydrogen-bond acceptors (Lipinski definition) is 8. The van der Waals surface area contributed by atoms with E-state index >= 15 is 0 Å². The number of hydrazine groups is 1. The summed E-state index contributed by atoms with van der Waals surface area (Å²) in [5.74, 6) is 0.855. The van der Waals surface area contributed by atoms with Gasteiger partial charge in [-0.25, -0.2) is 28.4 Å². The average molecular weight is 367 g/mol. The van der Waals surface area contributed by atoms with Crippen LogP contribution in [-0.2, 0) is 16.3 Å². The summed E-state index contributed by atoms with van der Waals surface area (Å²) in [7, 11) is -3.22. The Morgan fingerprint density at radius 1 is 1.20 bits per heavy atom. The minimum absolute atomic E-state index is 0.0252. The molecule has 0 aliphatic carbocycles. The van der Waals surface area contributed by atoms with E-state index in [0.717, 1.165) is 39.0 Å². The number of hydrogen-bond donors (Lipinski definition) is 2. The molecular weight excluding hydrogens is 342 g/mol. The van der Waals surface area contributed by atoms with E-state index < -0.39 is 9.84 Å². The van der Waals surface area contributed by atoms with Crippen molar-refractivity contribution in [3.63, 3.8) is 0 Å². The van der Waals surface area contributed by atoms with Crippen molar-refractivity contribution in [3.8, 4) is 0 Å². The van der Waals surface area contributed by atoms with Crippen LogP contribution in [0.25, 0.3) is 0 Å². The number of β-amino-alcohol motifs (C(OH)–C–C–N with tert-alkyl or cyclic N) is 1. The molecule has 25 heavy (non-hydrogen) atoms. The molecule has 2 saturated heterocycles. The highest BCUT2D eigenvalue weighted by Crippen LogP contribution is 2.25. The molecule has 0 amide bonds. The standard InChI is InChI=1S/C16H25N5O3S/c22-12-3-1-6-20(10-12)21-7-5-17-14(11-21)16-18-9-15-13(19-16)4-2-8-25(15,23)24/h9,12,14,17,22H,1-8,10-11H2. The zero-order valence-electron chi connectivity index (χ0n) is 14.3. The Hall–Kier alpha value is -1.13. The molecule has 138 valence electrons. The number of aliphatic hydroxyl groups excluding tert-OH is 1. The van der Waals surface area contributed by atoms with Crippen LogP contribution >= 0.6 is 0 Å². The Morgan fingerprint density at radius 2 is 2.04 bits per heavy atom. The van der Waals surface area contributed by atoms with Crippen molar-refractivity contribution in [1.29, 1.82) is 0 Å². The molecule has 3 aliphatic heterocycles. The molecule has 0 saturated carbocycles. The Bertz CT molecular complexity index is 741. The quantitative estimate of drug-likeness (QED) is 0.723. The number of aliphatic hydroxyl groups is 1. The minimum atomic E-state index is -3.22. The van der Waals surface area contributed by atoms with Crippen LogP contribution in [0, 0.1) is 0 Å². The fourth-order valence-electron chi connectivity index (χ4n) is 3.92. The van der Waals surface area contributed by atoms with Gasteiger partial charge in [-0.2, -0.15) is 0 Å². The van der Waals surface area contributed by atoms with Crippen LogP contribution in [0.15, 0.2) is 11.1 Å². The minimum Gasteiger partial charge on any atom is -0.392 e. The predicted molar refractivity (Wildman–Crippen MR) is 91.5 cm³/mol. The van der Waals surface area contributed by atoms with Crippen molar-refractivity contribution in [3.05, 3.63) is 17.7 Å². The second kappa shape index (κ2) is 6.88. The van der Waals surface area contributed by atoms with Gasteiger partial charge in [-0.3, -0.25) is 0 Å². The third-order valence-corrected chi connectivity index (χ3v) is 7.09. The smallest absolute Gasteiger partial charge is 0.181 e. The number of aromatic nitrogens is 2. The van der Waals surface area contributed by atoms with Crippen LogP contribution in [0.5, 0.6) is 0 Å². The van der Waals surface area contributed by atoms with Gasteiger partial charge >= 0.3 is 0 Å². The van der Waals surface area contributed by atoms with E-state index in [0.29, 0.717) is 35.8 Å². The Balaban J connectivity index is 1.52. The van der Waals surface area contributed by atoms with Crippen LogP contribution in [0.2, 0.25) is 0 Å². The first-order chi connectivity index (χ1) is 12.0. The van der Waals surface area contributed by atoms with Gasteiger partial charge in [-0.15, -0.1) is 0 Å². The highest BCUT2D eigenvalue weighted by Gasteiger charge is 2.31. The fourth-order valence-corrected chi connectivity index (χ4v) is 5.39. The zero-order chi connectivity index (χ0) is 17.4. The molecule has 0 spiro atoms. The third-order valence-electron chi connectivity index (χ3n) is 5.25. The number of piperazine rings is 1. The molecule has 2 fully saturated rings. The molecule has 1 aromatic heterocycles. The molecule has 3 aliphatic rings. The lowest BCUT2D eigenvalue weighted by molar-refractivity contribution is -0.0895. The summed E-state index contributed by atoms with van der Waals surface area (Å²) >= 11 is 0. The summed E-state index contributed by atoms with van der Waals surface area (Å²) in [6.07, 6.45) is 4.42. The molecule has 2 atom stereocenters. The Kier molecular flexibility index (Phi) is 4.76. The first-order valence-corrected chi connectivity index (χ1v) is 10.7. The number of rotatable bonds is 2. The molecule has 4 heterocycles. The topological polar surface area (TPSA) is 98.7 Å². The molecular formula is C16H25N5O3S. The lowest BCUT2D eigenvalue weighted by Gasteiger charge is -2.43. The molecule has 2 unspecified atom stereocenters. The van der Waals surface area contributed by atoms with Gasteiger partial charge in [0.15, 0.2) is 9.84 Å². The maximum Gasteiger partial charge on any atom is 0.181 e. The maximum atomic E-state index is 12.1. The van der Waals surface area contributed by atoms with E-state index in [1.165, 1.54) is 6.20 Å². The maximum absolute atomic E-state index is 12.1. The SMILES string of the molecule is O=S1(=O)CCCc2nc(C3CN(N4CCCC(O)C4)CCN3)ncc21. The van der Waals surface area contributed by atoms with E-state index in [2.05, 4.69) is 25.3 Å². The number of nitrogens with zero attached hydrogens (tertiary/aromatic N) is 4. The summed E-state index contributed by atoms with van der Waals surface area (Å²) in [4.78, 5) is 9.24. The van der Waals surface area contributed by atoms with E-state index in [1.54, 1.807) is 0 Å².